The fourth-order valence-corrected chi connectivity index (χ4v) is 2.38. The first kappa shape index (κ1) is 17.7. The number of amides is 1. The molecule has 24 heavy (non-hydrogen) atoms. The van der Waals surface area contributed by atoms with Crippen LogP contribution in [0.1, 0.15) is 25.3 Å². The average molecular weight is 338 g/mol. The predicted octanol–water partition coefficient (Wildman–Crippen LogP) is 1.59. The summed E-state index contributed by atoms with van der Waals surface area (Å²) in [6.45, 7) is 1.64. The van der Waals surface area contributed by atoms with E-state index in [1.165, 1.54) is 19.2 Å². The van der Waals surface area contributed by atoms with Gasteiger partial charge in [-0.2, -0.15) is 0 Å². The summed E-state index contributed by atoms with van der Waals surface area (Å²) >= 11 is 0. The number of rotatable bonds is 7. The molecule has 1 fully saturated rings. The molecule has 2 rings (SSSR count). The normalized spacial score (nSPS) is 17.0. The van der Waals surface area contributed by atoms with Crippen molar-refractivity contribution in [2.45, 2.75) is 32.4 Å². The number of esters is 1. The maximum atomic E-state index is 11.9. The van der Waals surface area contributed by atoms with E-state index >= 15 is 0 Å². The maximum absolute atomic E-state index is 11.9. The SMILES string of the molecule is CCOC(=O)C1CCC(=O)N1OCc1ccc(OC)cc1[N+](=O)[O-]. The van der Waals surface area contributed by atoms with Gasteiger partial charge in [0.1, 0.15) is 12.4 Å². The Kier molecular flexibility index (Phi) is 5.69. The molecule has 1 atom stereocenters. The van der Waals surface area contributed by atoms with Crippen LogP contribution in [0.4, 0.5) is 5.69 Å². The second kappa shape index (κ2) is 7.73. The van der Waals surface area contributed by atoms with Crippen LogP contribution in [0.15, 0.2) is 18.2 Å². The minimum atomic E-state index is -0.824. The first-order valence-corrected chi connectivity index (χ1v) is 7.40. The molecule has 1 aromatic rings. The van der Waals surface area contributed by atoms with Crippen molar-refractivity contribution in [3.63, 3.8) is 0 Å². The first-order valence-electron chi connectivity index (χ1n) is 7.40. The second-order valence-electron chi connectivity index (χ2n) is 5.05. The molecule has 0 radical (unpaired) electrons. The number of carbonyl (C=O) groups is 2. The number of methoxy groups -OCH3 is 1. The Bertz CT molecular complexity index is 647. The minimum Gasteiger partial charge on any atom is -0.497 e. The molecule has 9 heteroatoms. The van der Waals surface area contributed by atoms with Gasteiger partial charge < -0.3 is 9.47 Å². The third kappa shape index (κ3) is 3.80. The number of nitro benzene ring substituents is 1. The van der Waals surface area contributed by atoms with Crippen molar-refractivity contribution in [2.24, 2.45) is 0 Å². The van der Waals surface area contributed by atoms with E-state index < -0.39 is 16.9 Å². The second-order valence-corrected chi connectivity index (χ2v) is 5.05. The van der Waals surface area contributed by atoms with Crippen molar-refractivity contribution >= 4 is 17.6 Å². The van der Waals surface area contributed by atoms with Gasteiger partial charge in [0.15, 0.2) is 6.04 Å². The highest BCUT2D eigenvalue weighted by Crippen LogP contribution is 2.27. The van der Waals surface area contributed by atoms with Crippen molar-refractivity contribution in [1.82, 2.24) is 5.06 Å². The summed E-state index contributed by atoms with van der Waals surface area (Å²) in [6, 6.07) is 3.49. The van der Waals surface area contributed by atoms with Crippen LogP contribution >= 0.6 is 0 Å². The summed E-state index contributed by atoms with van der Waals surface area (Å²) in [5.74, 6) is -0.566. The number of ether oxygens (including phenoxy) is 2. The smallest absolute Gasteiger partial charge is 0.331 e. The molecule has 0 aromatic heterocycles. The van der Waals surface area contributed by atoms with Crippen LogP contribution in [0, 0.1) is 10.1 Å². The van der Waals surface area contributed by atoms with Gasteiger partial charge in [-0.1, -0.05) is 0 Å². The molecule has 9 nitrogen and oxygen atoms in total. The lowest BCUT2D eigenvalue weighted by Gasteiger charge is -2.22. The molecule has 1 aliphatic rings. The van der Waals surface area contributed by atoms with E-state index in [1.807, 2.05) is 0 Å². The van der Waals surface area contributed by atoms with Crippen LogP contribution in [0.5, 0.6) is 5.75 Å². The van der Waals surface area contributed by atoms with Crippen LogP contribution in [0.25, 0.3) is 0 Å². The third-order valence-corrected chi connectivity index (χ3v) is 3.57. The highest BCUT2D eigenvalue weighted by atomic mass is 16.7. The van der Waals surface area contributed by atoms with Gasteiger partial charge in [0.2, 0.25) is 5.91 Å². The molecule has 1 unspecified atom stereocenters. The van der Waals surface area contributed by atoms with Gasteiger partial charge in [0, 0.05) is 6.42 Å². The topological polar surface area (TPSA) is 108 Å². The molecule has 1 aliphatic heterocycles. The Morgan fingerprint density at radius 2 is 2.21 bits per heavy atom. The van der Waals surface area contributed by atoms with Crippen LogP contribution in [-0.2, 0) is 25.8 Å². The van der Waals surface area contributed by atoms with Crippen LogP contribution < -0.4 is 4.74 Å². The largest absolute Gasteiger partial charge is 0.497 e. The molecule has 1 aromatic carbocycles. The van der Waals surface area contributed by atoms with Crippen molar-refractivity contribution in [2.75, 3.05) is 13.7 Å². The zero-order valence-corrected chi connectivity index (χ0v) is 13.4. The summed E-state index contributed by atoms with van der Waals surface area (Å²) in [4.78, 5) is 39.7. The van der Waals surface area contributed by atoms with Gasteiger partial charge in [0.05, 0.1) is 30.3 Å². The number of nitrogens with zero attached hydrogens (tertiary/aromatic N) is 2. The van der Waals surface area contributed by atoms with Gasteiger partial charge in [-0.15, -0.1) is 0 Å². The molecule has 0 aliphatic carbocycles. The van der Waals surface area contributed by atoms with Crippen molar-refractivity contribution in [3.8, 4) is 5.75 Å². The van der Waals surface area contributed by atoms with E-state index in [0.29, 0.717) is 12.2 Å². The summed E-state index contributed by atoms with van der Waals surface area (Å²) in [6.07, 6.45) is 0.455. The zero-order chi connectivity index (χ0) is 17.7. The van der Waals surface area contributed by atoms with Crippen molar-refractivity contribution < 1.29 is 28.8 Å². The van der Waals surface area contributed by atoms with Crippen molar-refractivity contribution in [3.05, 3.63) is 33.9 Å². The molecule has 0 spiro atoms. The standard InChI is InChI=1S/C15H18N2O7/c1-3-23-15(19)12-6-7-14(18)16(12)24-9-10-4-5-11(22-2)8-13(10)17(20)21/h4-5,8,12H,3,6-7,9H2,1-2H3. The van der Waals surface area contributed by atoms with Gasteiger partial charge >= 0.3 is 5.97 Å². The molecular formula is C15H18N2O7. The molecule has 1 heterocycles. The Hall–Kier alpha value is -2.68. The molecule has 0 N–H and O–H groups in total. The zero-order valence-electron chi connectivity index (χ0n) is 13.4. The quantitative estimate of drug-likeness (QED) is 0.422. The Balaban J connectivity index is 2.12. The number of nitro groups is 1. The highest BCUT2D eigenvalue weighted by molar-refractivity contribution is 5.87. The van der Waals surface area contributed by atoms with E-state index in [-0.39, 0.29) is 36.8 Å². The van der Waals surface area contributed by atoms with E-state index in [1.54, 1.807) is 13.0 Å². The number of hydrogen-bond acceptors (Lipinski definition) is 7. The van der Waals surface area contributed by atoms with Gasteiger partial charge in [-0.25, -0.2) is 9.86 Å². The minimum absolute atomic E-state index is 0.161. The fourth-order valence-electron chi connectivity index (χ4n) is 2.38. The highest BCUT2D eigenvalue weighted by Gasteiger charge is 2.38. The lowest BCUT2D eigenvalue weighted by Crippen LogP contribution is -2.39. The first-order chi connectivity index (χ1) is 11.5. The van der Waals surface area contributed by atoms with Crippen molar-refractivity contribution in [1.29, 1.82) is 0 Å². The number of hydrogen-bond donors (Lipinski definition) is 0. The van der Waals surface area contributed by atoms with Crippen LogP contribution in [0.3, 0.4) is 0 Å². The average Bonchev–Trinajstić information content (AvgIpc) is 2.93. The molecule has 0 bridgehead atoms. The lowest BCUT2D eigenvalue weighted by molar-refractivity contribution is -0.386. The van der Waals surface area contributed by atoms with E-state index in [4.69, 9.17) is 14.3 Å². The number of hydroxylamine groups is 2. The molecule has 130 valence electrons. The van der Waals surface area contributed by atoms with E-state index in [2.05, 4.69) is 0 Å². The summed E-state index contributed by atoms with van der Waals surface area (Å²) in [7, 11) is 1.40. The summed E-state index contributed by atoms with van der Waals surface area (Å²) in [5.41, 5.74) is 0.0804. The predicted molar refractivity (Wildman–Crippen MR) is 80.9 cm³/mol. The number of carbonyl (C=O) groups excluding carboxylic acids is 2. The van der Waals surface area contributed by atoms with Gasteiger partial charge in [0.25, 0.3) is 5.69 Å². The summed E-state index contributed by atoms with van der Waals surface area (Å²) in [5, 5.41) is 12.1. The van der Waals surface area contributed by atoms with Crippen LogP contribution in [0.2, 0.25) is 0 Å². The Labute approximate surface area is 138 Å². The van der Waals surface area contributed by atoms with E-state index in [0.717, 1.165) is 5.06 Å². The lowest BCUT2D eigenvalue weighted by atomic mass is 10.2. The molecule has 1 amide bonds. The molecule has 1 saturated heterocycles. The summed E-state index contributed by atoms with van der Waals surface area (Å²) < 4.78 is 9.87. The molecule has 0 saturated carbocycles. The van der Waals surface area contributed by atoms with Gasteiger partial charge in [-0.3, -0.25) is 19.7 Å². The fraction of sp³-hybridized carbons (Fsp3) is 0.467. The molecular weight excluding hydrogens is 320 g/mol. The van der Waals surface area contributed by atoms with Crippen LogP contribution in [-0.4, -0.2) is 41.6 Å². The Morgan fingerprint density at radius 1 is 1.46 bits per heavy atom. The Morgan fingerprint density at radius 3 is 2.83 bits per heavy atom. The van der Waals surface area contributed by atoms with Gasteiger partial charge in [-0.05, 0) is 25.5 Å². The van der Waals surface area contributed by atoms with E-state index in [9.17, 15) is 19.7 Å². The monoisotopic (exact) mass is 338 g/mol. The third-order valence-electron chi connectivity index (χ3n) is 3.57. The number of benzene rings is 1. The maximum Gasteiger partial charge on any atom is 0.331 e.